The fourth-order valence-corrected chi connectivity index (χ4v) is 2.66. The van der Waals surface area contributed by atoms with Gasteiger partial charge in [0.2, 0.25) is 0 Å². The Balaban J connectivity index is 2.23. The lowest BCUT2D eigenvalue weighted by Gasteiger charge is -2.14. The smallest absolute Gasteiger partial charge is 0.270 e. The molecule has 112 valence electrons. The summed E-state index contributed by atoms with van der Waals surface area (Å²) < 4.78 is 0. The molecule has 1 heterocycles. The maximum Gasteiger partial charge on any atom is 0.270 e. The molecule has 0 fully saturated rings. The Kier molecular flexibility index (Phi) is 5.41. The molecule has 0 saturated carbocycles. The zero-order valence-corrected chi connectivity index (χ0v) is 13.0. The van der Waals surface area contributed by atoms with E-state index in [-0.39, 0.29) is 11.9 Å². The van der Waals surface area contributed by atoms with Crippen molar-refractivity contribution < 1.29 is 4.79 Å². The highest BCUT2D eigenvalue weighted by atomic mass is 32.2. The van der Waals surface area contributed by atoms with E-state index in [4.69, 9.17) is 5.84 Å². The number of thioether (sulfide) groups is 1. The van der Waals surface area contributed by atoms with Crippen molar-refractivity contribution in [3.05, 3.63) is 36.0 Å². The number of nitrogen functional groups attached to an aromatic ring is 1. The molecule has 0 saturated heterocycles. The summed E-state index contributed by atoms with van der Waals surface area (Å²) in [6, 6.07) is 9.38. The van der Waals surface area contributed by atoms with Gasteiger partial charge in [-0.15, -0.1) is 0 Å². The highest BCUT2D eigenvalue weighted by Crippen LogP contribution is 2.22. The van der Waals surface area contributed by atoms with Crippen LogP contribution in [0.4, 0.5) is 5.69 Å². The van der Waals surface area contributed by atoms with E-state index in [1.165, 1.54) is 0 Å². The van der Waals surface area contributed by atoms with Crippen molar-refractivity contribution in [3.8, 4) is 0 Å². The van der Waals surface area contributed by atoms with Crippen LogP contribution >= 0.6 is 11.8 Å². The summed E-state index contributed by atoms with van der Waals surface area (Å²) in [4.78, 5) is 16.7. The molecule has 4 N–H and O–H groups in total. The van der Waals surface area contributed by atoms with E-state index in [9.17, 15) is 4.79 Å². The van der Waals surface area contributed by atoms with Gasteiger partial charge in [0.1, 0.15) is 5.69 Å². The Morgan fingerprint density at radius 3 is 2.90 bits per heavy atom. The highest BCUT2D eigenvalue weighted by molar-refractivity contribution is 7.98. The number of nitrogens with zero attached hydrogens (tertiary/aromatic N) is 1. The van der Waals surface area contributed by atoms with Crippen molar-refractivity contribution >= 4 is 34.3 Å². The quantitative estimate of drug-likeness (QED) is 0.564. The summed E-state index contributed by atoms with van der Waals surface area (Å²) in [5, 5.41) is 3.86. The molecule has 0 aliphatic heterocycles. The second-order valence-corrected chi connectivity index (χ2v) is 5.86. The third-order valence-electron chi connectivity index (χ3n) is 3.24. The van der Waals surface area contributed by atoms with Gasteiger partial charge in [-0.05, 0) is 37.5 Å². The van der Waals surface area contributed by atoms with Crippen LogP contribution in [0.3, 0.4) is 0 Å². The average molecular weight is 304 g/mol. The van der Waals surface area contributed by atoms with Gasteiger partial charge in [-0.3, -0.25) is 10.6 Å². The van der Waals surface area contributed by atoms with Crippen LogP contribution in [0.15, 0.2) is 30.3 Å². The fourth-order valence-electron chi connectivity index (χ4n) is 2.08. The van der Waals surface area contributed by atoms with Crippen LogP contribution in [0, 0.1) is 0 Å². The molecule has 0 spiro atoms. The Bertz CT molecular complexity index is 632. The number of hydrogen-bond acceptors (Lipinski definition) is 5. The molecule has 5 nitrogen and oxygen atoms in total. The number of nitrogens with two attached hydrogens (primary N) is 1. The predicted octanol–water partition coefficient (Wildman–Crippen LogP) is 2.39. The number of anilines is 1. The summed E-state index contributed by atoms with van der Waals surface area (Å²) in [6.07, 6.45) is 2.99. The number of pyridine rings is 1. The molecule has 21 heavy (non-hydrogen) atoms. The normalized spacial score (nSPS) is 12.1. The van der Waals surface area contributed by atoms with E-state index in [0.29, 0.717) is 11.4 Å². The first kappa shape index (κ1) is 15.6. The van der Waals surface area contributed by atoms with Gasteiger partial charge in [-0.25, -0.2) is 4.98 Å². The van der Waals surface area contributed by atoms with Crippen LogP contribution < -0.4 is 16.6 Å². The summed E-state index contributed by atoms with van der Waals surface area (Å²) in [7, 11) is 0. The van der Waals surface area contributed by atoms with Gasteiger partial charge in [0.25, 0.3) is 5.91 Å². The van der Waals surface area contributed by atoms with Crippen LogP contribution in [0.5, 0.6) is 0 Å². The molecule has 0 radical (unpaired) electrons. The Morgan fingerprint density at radius 2 is 2.19 bits per heavy atom. The van der Waals surface area contributed by atoms with Crippen LogP contribution in [0.2, 0.25) is 0 Å². The molecule has 6 heteroatoms. The van der Waals surface area contributed by atoms with E-state index in [2.05, 4.69) is 22.0 Å². The molecular weight excluding hydrogens is 284 g/mol. The van der Waals surface area contributed by atoms with Crippen molar-refractivity contribution in [1.82, 2.24) is 10.3 Å². The molecule has 1 aromatic heterocycles. The summed E-state index contributed by atoms with van der Waals surface area (Å²) in [5.41, 5.74) is 4.44. The lowest BCUT2D eigenvalue weighted by Crippen LogP contribution is -2.33. The van der Waals surface area contributed by atoms with E-state index in [1.807, 2.05) is 31.2 Å². The Hall–Kier alpha value is -1.79. The predicted molar refractivity (Wildman–Crippen MR) is 89.5 cm³/mol. The minimum Gasteiger partial charge on any atom is -0.348 e. The molecule has 1 aromatic carbocycles. The van der Waals surface area contributed by atoms with Gasteiger partial charge in [-0.2, -0.15) is 11.8 Å². The molecular formula is C15H20N4OS. The second kappa shape index (κ2) is 7.28. The average Bonchev–Trinajstić information content (AvgIpc) is 2.51. The number of aromatic nitrogens is 1. The van der Waals surface area contributed by atoms with Gasteiger partial charge in [0.05, 0.1) is 11.2 Å². The number of hydrazine groups is 1. The molecule has 0 aliphatic carbocycles. The second-order valence-electron chi connectivity index (χ2n) is 4.87. The summed E-state index contributed by atoms with van der Waals surface area (Å²) in [6.45, 7) is 2.00. The third kappa shape index (κ3) is 3.86. The lowest BCUT2D eigenvalue weighted by atomic mass is 10.1. The Labute approximate surface area is 128 Å². The van der Waals surface area contributed by atoms with Crippen molar-refractivity contribution in [3.63, 3.8) is 0 Å². The molecule has 1 unspecified atom stereocenters. The molecule has 0 aliphatic rings. The molecule has 0 bridgehead atoms. The first-order valence-electron chi connectivity index (χ1n) is 6.82. The Morgan fingerprint density at radius 1 is 1.43 bits per heavy atom. The van der Waals surface area contributed by atoms with Crippen molar-refractivity contribution in [2.24, 2.45) is 5.84 Å². The van der Waals surface area contributed by atoms with Crippen molar-refractivity contribution in [2.45, 2.75) is 19.4 Å². The van der Waals surface area contributed by atoms with Gasteiger partial charge < -0.3 is 10.7 Å². The number of amides is 1. The number of hydrogen-bond donors (Lipinski definition) is 3. The van der Waals surface area contributed by atoms with Crippen molar-refractivity contribution in [1.29, 1.82) is 0 Å². The monoisotopic (exact) mass is 304 g/mol. The number of carbonyl (C=O) groups excluding carboxylic acids is 1. The number of rotatable bonds is 6. The van der Waals surface area contributed by atoms with Gasteiger partial charge >= 0.3 is 0 Å². The number of fused-ring (bicyclic) bond motifs is 1. The van der Waals surface area contributed by atoms with Gasteiger partial charge in [0.15, 0.2) is 0 Å². The standard InChI is InChI=1S/C15H20N4OS/c1-10(7-8-21-2)17-15(20)14-9-13(19-16)11-5-3-4-6-12(11)18-14/h3-6,9-10H,7-8,16H2,1-2H3,(H,17,20)(H,18,19). The maximum atomic E-state index is 12.3. The van der Waals surface area contributed by atoms with E-state index in [1.54, 1.807) is 17.8 Å². The van der Waals surface area contributed by atoms with E-state index < -0.39 is 0 Å². The third-order valence-corrected chi connectivity index (χ3v) is 3.88. The summed E-state index contributed by atoms with van der Waals surface area (Å²) >= 11 is 1.77. The minimum atomic E-state index is -0.175. The number of benzene rings is 1. The lowest BCUT2D eigenvalue weighted by molar-refractivity contribution is 0.0935. The highest BCUT2D eigenvalue weighted by Gasteiger charge is 2.13. The number of carbonyl (C=O) groups is 1. The van der Waals surface area contributed by atoms with Crippen LogP contribution in [0.1, 0.15) is 23.8 Å². The van der Waals surface area contributed by atoms with E-state index >= 15 is 0 Å². The fraction of sp³-hybridized carbons (Fsp3) is 0.333. The SMILES string of the molecule is CSCCC(C)NC(=O)c1cc(NN)c2ccccc2n1. The van der Waals surface area contributed by atoms with Crippen molar-refractivity contribution in [2.75, 3.05) is 17.4 Å². The van der Waals surface area contributed by atoms with Crippen LogP contribution in [-0.2, 0) is 0 Å². The minimum absolute atomic E-state index is 0.118. The van der Waals surface area contributed by atoms with Crippen LogP contribution in [0.25, 0.3) is 10.9 Å². The van der Waals surface area contributed by atoms with E-state index in [0.717, 1.165) is 23.1 Å². The molecule has 1 amide bonds. The van der Waals surface area contributed by atoms with Gasteiger partial charge in [-0.1, -0.05) is 18.2 Å². The summed E-state index contributed by atoms with van der Waals surface area (Å²) in [5.74, 6) is 6.38. The van der Waals surface area contributed by atoms with Crippen LogP contribution in [-0.4, -0.2) is 28.9 Å². The first-order chi connectivity index (χ1) is 10.2. The zero-order chi connectivity index (χ0) is 15.2. The maximum absolute atomic E-state index is 12.3. The largest absolute Gasteiger partial charge is 0.348 e. The topological polar surface area (TPSA) is 80.0 Å². The number of nitrogens with one attached hydrogen (secondary N) is 2. The molecule has 2 rings (SSSR count). The first-order valence-corrected chi connectivity index (χ1v) is 8.21. The zero-order valence-electron chi connectivity index (χ0n) is 12.2. The molecule has 1 atom stereocenters. The number of para-hydroxylation sites is 1. The van der Waals surface area contributed by atoms with Gasteiger partial charge in [0, 0.05) is 11.4 Å². The molecule has 2 aromatic rings.